The van der Waals surface area contributed by atoms with Crippen molar-refractivity contribution >= 4 is 34.8 Å². The van der Waals surface area contributed by atoms with Gasteiger partial charge in [-0.25, -0.2) is 9.69 Å². The summed E-state index contributed by atoms with van der Waals surface area (Å²) in [5.74, 6) is -1.44. The second kappa shape index (κ2) is 12.2. The molecule has 1 unspecified atom stereocenters. The number of imide groups is 1. The van der Waals surface area contributed by atoms with Crippen LogP contribution in [0.3, 0.4) is 0 Å². The van der Waals surface area contributed by atoms with Crippen LogP contribution in [-0.2, 0) is 27.4 Å². The van der Waals surface area contributed by atoms with Crippen molar-refractivity contribution < 1.29 is 34.2 Å². The summed E-state index contributed by atoms with van der Waals surface area (Å²) >= 11 is 1.51. The molecule has 4 N–H and O–H groups in total. The fraction of sp³-hybridized carbons (Fsp3) is 0.333. The number of phenolic OH excluding ortho intramolecular Hbond substituents is 1. The molecule has 186 valence electrons. The van der Waals surface area contributed by atoms with E-state index in [4.69, 9.17) is 15.3 Å². The molecule has 2 amide bonds. The van der Waals surface area contributed by atoms with Gasteiger partial charge < -0.3 is 25.5 Å². The molecule has 0 aliphatic carbocycles. The quantitative estimate of drug-likeness (QED) is 0.471. The first kappa shape index (κ1) is 26.0. The average molecular weight is 502 g/mol. The van der Waals surface area contributed by atoms with Gasteiger partial charge in [-0.2, -0.15) is 0 Å². The largest absolute Gasteiger partial charge is 0.508 e. The zero-order chi connectivity index (χ0) is 25.4. The van der Waals surface area contributed by atoms with Gasteiger partial charge in [0.1, 0.15) is 23.4 Å². The zero-order valence-corrected chi connectivity index (χ0v) is 19.9. The monoisotopic (exact) mass is 501 g/mol. The summed E-state index contributed by atoms with van der Waals surface area (Å²) in [5, 5.41) is 23.9. The van der Waals surface area contributed by atoms with Gasteiger partial charge in [-0.15, -0.1) is 11.8 Å². The van der Waals surface area contributed by atoms with Crippen LogP contribution in [-0.4, -0.2) is 62.6 Å². The van der Waals surface area contributed by atoms with Crippen LogP contribution in [0, 0.1) is 0 Å². The molecule has 2 aromatic carbocycles. The molecule has 11 heteroatoms. The molecule has 2 aromatic rings. The van der Waals surface area contributed by atoms with Gasteiger partial charge in [-0.3, -0.25) is 9.59 Å². The number of nitrogens with two attached hydrogens (primary N) is 1. The van der Waals surface area contributed by atoms with E-state index in [-0.39, 0.29) is 36.4 Å². The molecule has 0 bridgehead atoms. The standard InChI is InChI=1S/C24H27N3O7S/c1-2-35-21-12-18(34-26-21)13-27(24(32)33-14-15-6-4-3-5-7-15)22(29)19-11-17(28)9-8-16(19)10-20(25)23(30)31/h3-9,11,18,20,28H,2,10,12-14,25H2,1H3,(H,30,31)/t18?,20-/m0/s1. The summed E-state index contributed by atoms with van der Waals surface area (Å²) in [7, 11) is 0. The van der Waals surface area contributed by atoms with E-state index in [9.17, 15) is 24.6 Å². The maximum absolute atomic E-state index is 13.5. The Labute approximate surface area is 206 Å². The van der Waals surface area contributed by atoms with Gasteiger partial charge in [-0.05, 0) is 35.4 Å². The number of oxime groups is 1. The number of phenols is 1. The Hall–Kier alpha value is -3.57. The van der Waals surface area contributed by atoms with Crippen LogP contribution in [0.25, 0.3) is 0 Å². The van der Waals surface area contributed by atoms with Gasteiger partial charge in [-0.1, -0.05) is 48.5 Å². The molecule has 1 aliphatic heterocycles. The fourth-order valence-electron chi connectivity index (χ4n) is 3.40. The van der Waals surface area contributed by atoms with Gasteiger partial charge in [0, 0.05) is 12.0 Å². The van der Waals surface area contributed by atoms with Crippen LogP contribution >= 0.6 is 11.8 Å². The number of amides is 2. The molecule has 0 saturated heterocycles. The van der Waals surface area contributed by atoms with E-state index in [1.165, 1.54) is 30.0 Å². The van der Waals surface area contributed by atoms with Crippen LogP contribution in [0.1, 0.15) is 34.8 Å². The number of ether oxygens (including phenoxy) is 1. The number of carboxylic acids is 1. The molecule has 0 radical (unpaired) electrons. The predicted molar refractivity (Wildman–Crippen MR) is 130 cm³/mol. The molecule has 0 spiro atoms. The molecule has 3 rings (SSSR count). The van der Waals surface area contributed by atoms with E-state index in [1.54, 1.807) is 24.3 Å². The first-order chi connectivity index (χ1) is 16.8. The number of aromatic hydroxyl groups is 1. The molecular formula is C24H27N3O7S. The van der Waals surface area contributed by atoms with E-state index in [0.717, 1.165) is 21.3 Å². The van der Waals surface area contributed by atoms with Gasteiger partial charge in [0.05, 0.1) is 6.54 Å². The minimum atomic E-state index is -1.27. The molecular weight excluding hydrogens is 474 g/mol. The number of carboxylic acid groups (broad SMARTS) is 1. The summed E-state index contributed by atoms with van der Waals surface area (Å²) < 4.78 is 5.39. The third kappa shape index (κ3) is 7.20. The highest BCUT2D eigenvalue weighted by Gasteiger charge is 2.33. The molecule has 10 nitrogen and oxygen atoms in total. The number of rotatable bonds is 9. The highest BCUT2D eigenvalue weighted by molar-refractivity contribution is 8.13. The third-order valence-corrected chi connectivity index (χ3v) is 6.02. The van der Waals surface area contributed by atoms with Crippen LogP contribution in [0.4, 0.5) is 4.79 Å². The average Bonchev–Trinajstić information content (AvgIpc) is 3.29. The summed E-state index contributed by atoms with van der Waals surface area (Å²) in [4.78, 5) is 44.2. The number of carbonyl (C=O) groups is 3. The third-order valence-electron chi connectivity index (χ3n) is 5.15. The number of nitrogens with zero attached hydrogens (tertiary/aromatic N) is 2. The normalized spacial score (nSPS) is 15.6. The Morgan fingerprint density at radius 2 is 2.00 bits per heavy atom. The highest BCUT2D eigenvalue weighted by Crippen LogP contribution is 2.24. The molecule has 1 aliphatic rings. The van der Waals surface area contributed by atoms with E-state index < -0.39 is 30.1 Å². The minimum Gasteiger partial charge on any atom is -0.508 e. The molecule has 0 fully saturated rings. The van der Waals surface area contributed by atoms with Crippen LogP contribution in [0.15, 0.2) is 53.7 Å². The van der Waals surface area contributed by atoms with Crippen molar-refractivity contribution in [1.82, 2.24) is 4.90 Å². The van der Waals surface area contributed by atoms with Gasteiger partial charge in [0.15, 0.2) is 6.10 Å². The summed E-state index contributed by atoms with van der Waals surface area (Å²) in [6, 6.07) is 11.6. The van der Waals surface area contributed by atoms with Crippen LogP contribution in [0.2, 0.25) is 0 Å². The zero-order valence-electron chi connectivity index (χ0n) is 19.1. The lowest BCUT2D eigenvalue weighted by atomic mass is 9.99. The van der Waals surface area contributed by atoms with Crippen molar-refractivity contribution in [2.75, 3.05) is 12.3 Å². The number of carbonyl (C=O) groups excluding carboxylic acids is 2. The molecule has 0 saturated carbocycles. The highest BCUT2D eigenvalue weighted by atomic mass is 32.2. The lowest BCUT2D eigenvalue weighted by Crippen LogP contribution is -2.43. The first-order valence-corrected chi connectivity index (χ1v) is 11.9. The van der Waals surface area contributed by atoms with Crippen molar-refractivity contribution in [3.63, 3.8) is 0 Å². The summed E-state index contributed by atoms with van der Waals surface area (Å²) in [6.07, 6.45) is -1.23. The van der Waals surface area contributed by atoms with E-state index >= 15 is 0 Å². The molecule has 1 heterocycles. The molecule has 0 aromatic heterocycles. The Kier molecular flexibility index (Phi) is 9.10. The van der Waals surface area contributed by atoms with Gasteiger partial charge in [0.25, 0.3) is 5.91 Å². The van der Waals surface area contributed by atoms with Gasteiger partial charge in [0.2, 0.25) is 0 Å². The van der Waals surface area contributed by atoms with Gasteiger partial charge >= 0.3 is 12.1 Å². The van der Waals surface area contributed by atoms with Crippen molar-refractivity contribution in [1.29, 1.82) is 0 Å². The lowest BCUT2D eigenvalue weighted by Gasteiger charge is -2.24. The number of hydrogen-bond donors (Lipinski definition) is 3. The SMILES string of the molecule is CCSC1=NOC(CN(C(=O)OCc2ccccc2)C(=O)c2cc(O)ccc2C[C@H](N)C(=O)O)C1. The van der Waals surface area contributed by atoms with Crippen molar-refractivity contribution in [3.05, 3.63) is 65.2 Å². The molecule has 2 atom stereocenters. The second-order valence-corrected chi connectivity index (χ2v) is 9.13. The Balaban J connectivity index is 1.85. The van der Waals surface area contributed by atoms with E-state index in [1.807, 2.05) is 13.0 Å². The smallest absolute Gasteiger partial charge is 0.417 e. The van der Waals surface area contributed by atoms with Crippen LogP contribution in [0.5, 0.6) is 5.75 Å². The summed E-state index contributed by atoms with van der Waals surface area (Å²) in [6.45, 7) is 1.77. The first-order valence-electron chi connectivity index (χ1n) is 11.0. The number of benzene rings is 2. The minimum absolute atomic E-state index is 0.0552. The molecule has 35 heavy (non-hydrogen) atoms. The predicted octanol–water partition coefficient (Wildman–Crippen LogP) is 2.98. The van der Waals surface area contributed by atoms with Crippen molar-refractivity contribution in [2.24, 2.45) is 10.9 Å². The maximum atomic E-state index is 13.5. The van der Waals surface area contributed by atoms with E-state index in [0.29, 0.717) is 6.42 Å². The Bertz CT molecular complexity index is 1090. The number of hydrogen-bond acceptors (Lipinski definition) is 9. The maximum Gasteiger partial charge on any atom is 0.417 e. The van der Waals surface area contributed by atoms with Crippen molar-refractivity contribution in [2.45, 2.75) is 38.5 Å². The van der Waals surface area contributed by atoms with Crippen molar-refractivity contribution in [3.8, 4) is 5.75 Å². The second-order valence-electron chi connectivity index (χ2n) is 7.80. The Morgan fingerprint density at radius 1 is 1.26 bits per heavy atom. The number of aliphatic carboxylic acids is 1. The van der Waals surface area contributed by atoms with Crippen LogP contribution < -0.4 is 5.73 Å². The Morgan fingerprint density at radius 3 is 2.69 bits per heavy atom. The summed E-state index contributed by atoms with van der Waals surface area (Å²) in [5.41, 5.74) is 6.62. The topological polar surface area (TPSA) is 152 Å². The lowest BCUT2D eigenvalue weighted by molar-refractivity contribution is -0.138. The fourth-order valence-corrected chi connectivity index (χ4v) is 4.14. The number of thioether (sulfide) groups is 1. The van der Waals surface area contributed by atoms with E-state index in [2.05, 4.69) is 5.16 Å².